The third-order valence-corrected chi connectivity index (χ3v) is 9.31. The number of nitrogens with zero attached hydrogens (tertiary/aromatic N) is 1. The van der Waals surface area contributed by atoms with Crippen LogP contribution in [-0.2, 0) is 32.2 Å². The highest BCUT2D eigenvalue weighted by molar-refractivity contribution is 7.99. The van der Waals surface area contributed by atoms with Crippen molar-refractivity contribution in [1.82, 2.24) is 10.3 Å². The van der Waals surface area contributed by atoms with Gasteiger partial charge in [-0.15, -0.1) is 11.8 Å². The van der Waals surface area contributed by atoms with E-state index in [0.717, 1.165) is 33.4 Å². The van der Waals surface area contributed by atoms with Gasteiger partial charge in [-0.1, -0.05) is 67.6 Å². The summed E-state index contributed by atoms with van der Waals surface area (Å²) in [6.45, 7) is 2.31. The molecular weight excluding hydrogens is 632 g/mol. The molecule has 11 heteroatoms. The largest absolute Gasteiger partial charge is 0.481 e. The van der Waals surface area contributed by atoms with E-state index < -0.39 is 18.2 Å². The molecule has 4 atom stereocenters. The van der Waals surface area contributed by atoms with Crippen LogP contribution in [0.2, 0.25) is 0 Å². The van der Waals surface area contributed by atoms with Crippen molar-refractivity contribution in [2.75, 3.05) is 5.75 Å². The highest BCUT2D eigenvalue weighted by Crippen LogP contribution is 2.43. The van der Waals surface area contributed by atoms with E-state index in [-0.39, 0.29) is 49.0 Å². The maximum atomic E-state index is 12.2. The number of aliphatic hydroxyl groups excluding tert-OH is 1. The minimum absolute atomic E-state index is 0.0429. The van der Waals surface area contributed by atoms with Gasteiger partial charge in [0, 0.05) is 42.8 Å². The fraction of sp³-hybridized carbons (Fsp3) is 0.297. The van der Waals surface area contributed by atoms with Crippen LogP contribution in [-0.4, -0.2) is 50.0 Å². The lowest BCUT2D eigenvalue weighted by atomic mass is 9.91. The van der Waals surface area contributed by atoms with Gasteiger partial charge in [0.25, 0.3) is 0 Å². The summed E-state index contributed by atoms with van der Waals surface area (Å²) in [7, 11) is 0. The van der Waals surface area contributed by atoms with Gasteiger partial charge >= 0.3 is 11.9 Å². The fourth-order valence-corrected chi connectivity index (χ4v) is 6.70. The molecule has 0 aliphatic carbocycles. The van der Waals surface area contributed by atoms with E-state index >= 15 is 0 Å². The average molecular weight is 671 g/mol. The summed E-state index contributed by atoms with van der Waals surface area (Å²) in [6.07, 6.45) is 0.612. The van der Waals surface area contributed by atoms with Crippen LogP contribution in [0.3, 0.4) is 0 Å². The van der Waals surface area contributed by atoms with Crippen LogP contribution >= 0.6 is 11.8 Å². The van der Waals surface area contributed by atoms with Crippen molar-refractivity contribution in [3.63, 3.8) is 0 Å². The van der Waals surface area contributed by atoms with Crippen molar-refractivity contribution in [1.29, 1.82) is 0 Å². The number of carbonyl (C=O) groups excluding carboxylic acids is 1. The molecule has 4 unspecified atom stereocenters. The number of carboxylic acid groups (broad SMARTS) is 2. The molecule has 0 spiro atoms. The van der Waals surface area contributed by atoms with Gasteiger partial charge in [0.05, 0.1) is 24.4 Å². The van der Waals surface area contributed by atoms with Crippen LogP contribution in [0.25, 0.3) is 11.1 Å². The molecule has 1 fully saturated rings. The van der Waals surface area contributed by atoms with Crippen LogP contribution in [0.15, 0.2) is 96.2 Å². The van der Waals surface area contributed by atoms with Gasteiger partial charge in [0.1, 0.15) is 5.03 Å². The van der Waals surface area contributed by atoms with Gasteiger partial charge in [-0.05, 0) is 58.5 Å². The molecule has 0 saturated carbocycles. The third kappa shape index (κ3) is 9.07. The molecule has 0 radical (unpaired) electrons. The summed E-state index contributed by atoms with van der Waals surface area (Å²) >= 11 is 1.34. The van der Waals surface area contributed by atoms with Gasteiger partial charge in [0.2, 0.25) is 5.91 Å². The Bertz CT molecular complexity index is 1730. The number of benzene rings is 3. The molecule has 10 nitrogen and oxygen atoms in total. The van der Waals surface area contributed by atoms with Crippen molar-refractivity contribution in [3.8, 4) is 11.1 Å². The van der Waals surface area contributed by atoms with Gasteiger partial charge in [0.15, 0.2) is 6.29 Å². The van der Waals surface area contributed by atoms with Crippen LogP contribution in [0.5, 0.6) is 0 Å². The Hall–Kier alpha value is -4.55. The zero-order valence-electron chi connectivity index (χ0n) is 26.5. The van der Waals surface area contributed by atoms with E-state index in [1.165, 1.54) is 17.8 Å². The molecule has 1 amide bonds. The molecular formula is C37H38N2O8S. The van der Waals surface area contributed by atoms with Crippen LogP contribution in [0.1, 0.15) is 71.2 Å². The second-order valence-electron chi connectivity index (χ2n) is 11.6. The predicted molar refractivity (Wildman–Crippen MR) is 180 cm³/mol. The number of aliphatic carboxylic acids is 1. The first-order chi connectivity index (χ1) is 23.2. The number of thioether (sulfide) groups is 1. The first kappa shape index (κ1) is 34.8. The maximum absolute atomic E-state index is 12.2. The number of ether oxygens (including phenoxy) is 2. The number of aromatic nitrogens is 1. The highest BCUT2D eigenvalue weighted by Gasteiger charge is 2.38. The summed E-state index contributed by atoms with van der Waals surface area (Å²) in [4.78, 5) is 39.0. The van der Waals surface area contributed by atoms with E-state index in [1.54, 1.807) is 12.3 Å². The molecule has 48 heavy (non-hydrogen) atoms. The zero-order chi connectivity index (χ0) is 34.0. The average Bonchev–Trinajstić information content (AvgIpc) is 3.10. The number of rotatable bonds is 14. The lowest BCUT2D eigenvalue weighted by Gasteiger charge is -2.41. The summed E-state index contributed by atoms with van der Waals surface area (Å²) < 4.78 is 13.2. The van der Waals surface area contributed by atoms with Gasteiger partial charge in [-0.3, -0.25) is 9.59 Å². The molecule has 4 aromatic rings. The first-order valence-corrected chi connectivity index (χ1v) is 16.7. The predicted octanol–water partition coefficient (Wildman–Crippen LogP) is 6.39. The molecule has 1 aromatic heterocycles. The van der Waals surface area contributed by atoms with Gasteiger partial charge in [-0.25, -0.2) is 9.78 Å². The standard InChI is InChI=1S/C37H38N2O8S/c1-23-31(22-48-35-30(36(44)45)10-5-17-38-35)46-37(47-34(23)26-15-13-24(21-40)14-16-26)29-9-3-8-28(19-29)27-7-2-6-25(18-27)20-39-32(41)11-4-12-33(42)43/h2-3,5-10,13-19,23,31,34,37,40H,4,11-12,20-22H2,1H3,(H,39,41)(H,42,43)(H,44,45). The number of hydrogen-bond donors (Lipinski definition) is 4. The Morgan fingerprint density at radius 3 is 2.33 bits per heavy atom. The van der Waals surface area contributed by atoms with Crippen molar-refractivity contribution in [2.24, 2.45) is 5.92 Å². The first-order valence-electron chi connectivity index (χ1n) is 15.7. The second kappa shape index (κ2) is 16.5. The van der Waals surface area contributed by atoms with E-state index in [2.05, 4.69) is 17.2 Å². The zero-order valence-corrected chi connectivity index (χ0v) is 27.3. The summed E-state index contributed by atoms with van der Waals surface area (Å²) in [5, 5.41) is 31.3. The number of pyridine rings is 1. The van der Waals surface area contributed by atoms with Crippen LogP contribution in [0.4, 0.5) is 0 Å². The molecule has 0 bridgehead atoms. The van der Waals surface area contributed by atoms with Gasteiger partial charge in [-0.2, -0.15) is 0 Å². The minimum Gasteiger partial charge on any atom is -0.481 e. The lowest BCUT2D eigenvalue weighted by molar-refractivity contribution is -0.268. The number of hydrogen-bond acceptors (Lipinski definition) is 8. The summed E-state index contributed by atoms with van der Waals surface area (Å²) in [5.41, 5.74) is 5.48. The van der Waals surface area contributed by atoms with Crippen molar-refractivity contribution >= 4 is 29.6 Å². The van der Waals surface area contributed by atoms with Crippen molar-refractivity contribution < 1.29 is 39.2 Å². The summed E-state index contributed by atoms with van der Waals surface area (Å²) in [6, 6.07) is 26.5. The smallest absolute Gasteiger partial charge is 0.338 e. The third-order valence-electron chi connectivity index (χ3n) is 8.21. The molecule has 1 aliphatic heterocycles. The van der Waals surface area contributed by atoms with E-state index in [1.807, 2.05) is 72.8 Å². The Kier molecular flexibility index (Phi) is 12.0. The number of aliphatic hydroxyl groups is 1. The molecule has 1 saturated heterocycles. The van der Waals surface area contributed by atoms with E-state index in [9.17, 15) is 24.6 Å². The quantitative estimate of drug-likeness (QED) is 0.111. The Balaban J connectivity index is 1.35. The highest BCUT2D eigenvalue weighted by atomic mass is 32.2. The number of carboxylic acids is 2. The van der Waals surface area contributed by atoms with Crippen molar-refractivity contribution in [3.05, 3.63) is 119 Å². The Labute approximate surface area is 283 Å². The number of amides is 1. The molecule has 250 valence electrons. The molecule has 1 aliphatic rings. The molecule has 2 heterocycles. The summed E-state index contributed by atoms with van der Waals surface area (Å²) in [5.74, 6) is -1.79. The minimum atomic E-state index is -1.04. The monoisotopic (exact) mass is 670 g/mol. The SMILES string of the molecule is CC1C(CSc2ncccc2C(=O)O)OC(c2cccc(-c3cccc(CNC(=O)CCCC(=O)O)c3)c2)OC1c1ccc(CO)cc1. The lowest BCUT2D eigenvalue weighted by Crippen LogP contribution is -2.38. The van der Waals surface area contributed by atoms with E-state index in [4.69, 9.17) is 14.6 Å². The second-order valence-corrected chi connectivity index (χ2v) is 12.7. The normalized spacial score (nSPS) is 19.0. The van der Waals surface area contributed by atoms with Crippen LogP contribution in [0, 0.1) is 5.92 Å². The number of carbonyl (C=O) groups is 3. The number of aromatic carboxylic acids is 1. The van der Waals surface area contributed by atoms with Crippen LogP contribution < -0.4 is 5.32 Å². The molecule has 4 N–H and O–H groups in total. The number of nitrogens with one attached hydrogen (secondary N) is 1. The van der Waals surface area contributed by atoms with E-state index in [0.29, 0.717) is 23.7 Å². The molecule has 3 aromatic carbocycles. The molecule has 5 rings (SSSR count). The Morgan fingerprint density at radius 2 is 1.60 bits per heavy atom. The maximum Gasteiger partial charge on any atom is 0.338 e. The Morgan fingerprint density at radius 1 is 0.854 bits per heavy atom. The van der Waals surface area contributed by atoms with Gasteiger partial charge < -0.3 is 30.1 Å². The fourth-order valence-electron chi connectivity index (χ4n) is 5.55. The topological polar surface area (TPSA) is 155 Å². The van der Waals surface area contributed by atoms with Crippen molar-refractivity contribution in [2.45, 2.75) is 62.9 Å².